The molecule has 2 heterocycles. The monoisotopic (exact) mass is 274 g/mol. The van der Waals surface area contributed by atoms with Crippen LogP contribution in [0, 0.1) is 0 Å². The van der Waals surface area contributed by atoms with Gasteiger partial charge < -0.3 is 15.5 Å². The van der Waals surface area contributed by atoms with Crippen molar-refractivity contribution in [3.8, 4) is 0 Å². The number of likely N-dealkylation sites (N-methyl/N-ethyl adjacent to an activating group) is 1. The number of nitrogen functional groups attached to an aromatic ring is 1. The Labute approximate surface area is 117 Å². The van der Waals surface area contributed by atoms with Crippen molar-refractivity contribution < 1.29 is 0 Å². The molecule has 98 valence electrons. The van der Waals surface area contributed by atoms with E-state index in [-0.39, 0.29) is 0 Å². The molecule has 1 aromatic heterocycles. The fraction of sp³-hybridized carbons (Fsp3) is 0.214. The molecule has 3 rings (SSSR count). The number of para-hydroxylation sites is 2. The molecule has 0 radical (unpaired) electrons. The maximum Gasteiger partial charge on any atom is 0.156 e. The van der Waals surface area contributed by atoms with Gasteiger partial charge >= 0.3 is 0 Å². The molecule has 4 nitrogen and oxygen atoms in total. The van der Waals surface area contributed by atoms with Crippen LogP contribution < -0.4 is 15.5 Å². The lowest BCUT2D eigenvalue weighted by molar-refractivity contribution is 0.814. The van der Waals surface area contributed by atoms with Gasteiger partial charge in [-0.2, -0.15) is 0 Å². The Kier molecular flexibility index (Phi) is 2.95. The number of aromatic nitrogens is 1. The van der Waals surface area contributed by atoms with Crippen LogP contribution in [0.15, 0.2) is 36.5 Å². The van der Waals surface area contributed by atoms with E-state index in [1.165, 1.54) is 5.69 Å². The first-order chi connectivity index (χ1) is 9.16. The standard InChI is InChI=1S/C14H15ClN4/c1-18-6-7-19(13-5-3-2-4-12(13)18)14-11(16)8-10(15)9-17-14/h2-5,8-9H,6-7,16H2,1H3. The van der Waals surface area contributed by atoms with Gasteiger partial charge in [0.05, 0.1) is 22.1 Å². The van der Waals surface area contributed by atoms with Gasteiger partial charge in [0.2, 0.25) is 0 Å². The summed E-state index contributed by atoms with van der Waals surface area (Å²) in [5.74, 6) is 0.768. The Bertz CT molecular complexity index is 614. The van der Waals surface area contributed by atoms with E-state index in [1.807, 2.05) is 12.1 Å². The molecule has 19 heavy (non-hydrogen) atoms. The average Bonchev–Trinajstić information content (AvgIpc) is 2.41. The zero-order valence-electron chi connectivity index (χ0n) is 10.7. The minimum atomic E-state index is 0.559. The second-order valence-corrected chi connectivity index (χ2v) is 5.06. The topological polar surface area (TPSA) is 45.4 Å². The Morgan fingerprint density at radius 2 is 1.95 bits per heavy atom. The lowest BCUT2D eigenvalue weighted by Gasteiger charge is -2.36. The average molecular weight is 275 g/mol. The summed E-state index contributed by atoms with van der Waals surface area (Å²) in [6, 6.07) is 9.99. The largest absolute Gasteiger partial charge is 0.396 e. The molecule has 5 heteroatoms. The first-order valence-electron chi connectivity index (χ1n) is 6.15. The maximum atomic E-state index is 6.04. The summed E-state index contributed by atoms with van der Waals surface area (Å²) in [4.78, 5) is 8.75. The van der Waals surface area contributed by atoms with Gasteiger partial charge in [0.1, 0.15) is 0 Å². The molecule has 2 N–H and O–H groups in total. The van der Waals surface area contributed by atoms with E-state index in [1.54, 1.807) is 12.3 Å². The van der Waals surface area contributed by atoms with E-state index >= 15 is 0 Å². The quantitative estimate of drug-likeness (QED) is 0.868. The first kappa shape index (κ1) is 12.1. The summed E-state index contributed by atoms with van der Waals surface area (Å²) in [7, 11) is 2.09. The number of pyridine rings is 1. The highest BCUT2D eigenvalue weighted by atomic mass is 35.5. The van der Waals surface area contributed by atoms with Crippen LogP contribution in [0.1, 0.15) is 0 Å². The number of halogens is 1. The highest BCUT2D eigenvalue weighted by Crippen LogP contribution is 2.38. The highest BCUT2D eigenvalue weighted by molar-refractivity contribution is 6.30. The molecule has 1 aliphatic rings. The van der Waals surface area contributed by atoms with Crippen molar-refractivity contribution >= 4 is 34.5 Å². The number of nitrogens with two attached hydrogens (primary N) is 1. The van der Waals surface area contributed by atoms with Crippen LogP contribution in [-0.2, 0) is 0 Å². The molecule has 1 aromatic carbocycles. The van der Waals surface area contributed by atoms with Gasteiger partial charge in [0.25, 0.3) is 0 Å². The van der Waals surface area contributed by atoms with Crippen LogP contribution in [0.4, 0.5) is 22.9 Å². The molecule has 2 aromatic rings. The van der Waals surface area contributed by atoms with Crippen LogP contribution in [0.2, 0.25) is 5.02 Å². The van der Waals surface area contributed by atoms with E-state index in [0.717, 1.165) is 24.6 Å². The van der Waals surface area contributed by atoms with E-state index in [9.17, 15) is 0 Å². The van der Waals surface area contributed by atoms with Crippen molar-refractivity contribution in [3.05, 3.63) is 41.6 Å². The summed E-state index contributed by atoms with van der Waals surface area (Å²) in [5.41, 5.74) is 8.95. The number of hydrogen-bond donors (Lipinski definition) is 1. The molecule has 0 saturated carbocycles. The predicted octanol–water partition coefficient (Wildman–Crippen LogP) is 2.91. The number of rotatable bonds is 1. The molecule has 0 unspecified atom stereocenters. The van der Waals surface area contributed by atoms with E-state index < -0.39 is 0 Å². The molecular formula is C14H15ClN4. The lowest BCUT2D eigenvalue weighted by Crippen LogP contribution is -2.37. The van der Waals surface area contributed by atoms with E-state index in [4.69, 9.17) is 17.3 Å². The van der Waals surface area contributed by atoms with Gasteiger partial charge in [0, 0.05) is 26.3 Å². The molecule has 0 saturated heterocycles. The van der Waals surface area contributed by atoms with Crippen molar-refractivity contribution in [2.45, 2.75) is 0 Å². The SMILES string of the molecule is CN1CCN(c2ncc(Cl)cc2N)c2ccccc21. The van der Waals surface area contributed by atoms with Crippen molar-refractivity contribution in [2.24, 2.45) is 0 Å². The minimum Gasteiger partial charge on any atom is -0.396 e. The molecule has 0 amide bonds. The fourth-order valence-electron chi connectivity index (χ4n) is 2.40. The molecule has 0 aliphatic carbocycles. The Morgan fingerprint density at radius 3 is 2.68 bits per heavy atom. The molecule has 1 aliphatic heterocycles. The second-order valence-electron chi connectivity index (χ2n) is 4.63. The van der Waals surface area contributed by atoms with Gasteiger partial charge in [-0.3, -0.25) is 0 Å². The number of nitrogens with zero attached hydrogens (tertiary/aromatic N) is 3. The third kappa shape index (κ3) is 2.08. The normalized spacial score (nSPS) is 14.4. The number of fused-ring (bicyclic) bond motifs is 1. The summed E-state index contributed by atoms with van der Waals surface area (Å²) >= 11 is 5.91. The van der Waals surface area contributed by atoms with Crippen LogP contribution in [0.25, 0.3) is 0 Å². The number of benzene rings is 1. The molecule has 0 bridgehead atoms. The maximum absolute atomic E-state index is 6.04. The molecular weight excluding hydrogens is 260 g/mol. The molecule has 0 spiro atoms. The summed E-state index contributed by atoms with van der Waals surface area (Å²) in [6.45, 7) is 1.78. The van der Waals surface area contributed by atoms with Crippen molar-refractivity contribution in [1.82, 2.24) is 4.98 Å². The Hall–Kier alpha value is -1.94. The van der Waals surface area contributed by atoms with Crippen LogP contribution >= 0.6 is 11.6 Å². The first-order valence-corrected chi connectivity index (χ1v) is 6.53. The smallest absolute Gasteiger partial charge is 0.156 e. The highest BCUT2D eigenvalue weighted by Gasteiger charge is 2.23. The third-order valence-electron chi connectivity index (χ3n) is 3.36. The van der Waals surface area contributed by atoms with Crippen LogP contribution in [0.5, 0.6) is 0 Å². The molecule has 0 fully saturated rings. The summed E-state index contributed by atoms with van der Waals surface area (Å²) in [6.07, 6.45) is 1.63. The van der Waals surface area contributed by atoms with Gasteiger partial charge in [-0.15, -0.1) is 0 Å². The van der Waals surface area contributed by atoms with Gasteiger partial charge in [0.15, 0.2) is 5.82 Å². The number of anilines is 4. The second kappa shape index (κ2) is 4.63. The van der Waals surface area contributed by atoms with E-state index in [0.29, 0.717) is 10.7 Å². The fourth-order valence-corrected chi connectivity index (χ4v) is 2.57. The van der Waals surface area contributed by atoms with Gasteiger partial charge in [-0.05, 0) is 18.2 Å². The zero-order valence-corrected chi connectivity index (χ0v) is 11.4. The summed E-state index contributed by atoms with van der Waals surface area (Å²) < 4.78 is 0. The van der Waals surface area contributed by atoms with Gasteiger partial charge in [-0.1, -0.05) is 23.7 Å². The van der Waals surface area contributed by atoms with Crippen LogP contribution in [-0.4, -0.2) is 25.1 Å². The van der Waals surface area contributed by atoms with Crippen molar-refractivity contribution in [3.63, 3.8) is 0 Å². The lowest BCUT2D eigenvalue weighted by atomic mass is 10.1. The summed E-state index contributed by atoms with van der Waals surface area (Å²) in [5, 5.41) is 0.559. The van der Waals surface area contributed by atoms with Crippen molar-refractivity contribution in [1.29, 1.82) is 0 Å². The zero-order chi connectivity index (χ0) is 13.4. The molecule has 0 atom stereocenters. The Morgan fingerprint density at radius 1 is 1.21 bits per heavy atom. The van der Waals surface area contributed by atoms with E-state index in [2.05, 4.69) is 34.0 Å². The third-order valence-corrected chi connectivity index (χ3v) is 3.57. The predicted molar refractivity (Wildman–Crippen MR) is 80.4 cm³/mol. The number of hydrogen-bond acceptors (Lipinski definition) is 4. The van der Waals surface area contributed by atoms with Crippen molar-refractivity contribution in [2.75, 3.05) is 35.7 Å². The minimum absolute atomic E-state index is 0.559. The Balaban J connectivity index is 2.09. The van der Waals surface area contributed by atoms with Crippen LogP contribution in [0.3, 0.4) is 0 Å². The van der Waals surface area contributed by atoms with Gasteiger partial charge in [-0.25, -0.2) is 4.98 Å².